The Labute approximate surface area is 138 Å². The highest BCUT2D eigenvalue weighted by Gasteiger charge is 2.14. The van der Waals surface area contributed by atoms with Crippen LogP contribution in [-0.2, 0) is 13.0 Å². The van der Waals surface area contributed by atoms with Crippen LogP contribution in [0.5, 0.6) is 0 Å². The van der Waals surface area contributed by atoms with Crippen LogP contribution in [0.1, 0.15) is 29.4 Å². The van der Waals surface area contributed by atoms with Gasteiger partial charge in [-0.15, -0.1) is 0 Å². The Morgan fingerprint density at radius 3 is 2.74 bits per heavy atom. The summed E-state index contributed by atoms with van der Waals surface area (Å²) in [6, 6.07) is 13.2. The first-order valence-corrected chi connectivity index (χ1v) is 8.22. The summed E-state index contributed by atoms with van der Waals surface area (Å²) in [6.45, 7) is 7.54. The summed E-state index contributed by atoms with van der Waals surface area (Å²) in [7, 11) is 2.18. The van der Waals surface area contributed by atoms with Gasteiger partial charge in [-0.1, -0.05) is 17.7 Å². The van der Waals surface area contributed by atoms with E-state index in [4.69, 9.17) is 0 Å². The van der Waals surface area contributed by atoms with Crippen LogP contribution >= 0.6 is 0 Å². The standard InChI is InChI=1S/C20H25N3/c1-14-8-9-19-18(11-14)16(3)20(22-19)13-23(4)15(2)12-17-7-5-6-10-21-17/h5-11,15,22H,12-13H2,1-4H3/t15-/m1/s1. The van der Waals surface area contributed by atoms with E-state index in [1.54, 1.807) is 0 Å². The van der Waals surface area contributed by atoms with Crippen molar-refractivity contribution in [3.63, 3.8) is 0 Å². The molecule has 0 aliphatic rings. The van der Waals surface area contributed by atoms with Crippen LogP contribution in [0.25, 0.3) is 10.9 Å². The molecule has 0 aliphatic carbocycles. The molecule has 0 unspecified atom stereocenters. The maximum absolute atomic E-state index is 4.44. The van der Waals surface area contributed by atoms with Crippen LogP contribution in [0.3, 0.4) is 0 Å². The van der Waals surface area contributed by atoms with E-state index >= 15 is 0 Å². The summed E-state index contributed by atoms with van der Waals surface area (Å²) in [5, 5.41) is 1.34. The van der Waals surface area contributed by atoms with Gasteiger partial charge in [0.05, 0.1) is 0 Å². The Morgan fingerprint density at radius 1 is 1.17 bits per heavy atom. The fourth-order valence-electron chi connectivity index (χ4n) is 3.04. The van der Waals surface area contributed by atoms with E-state index in [1.807, 2.05) is 12.3 Å². The van der Waals surface area contributed by atoms with Gasteiger partial charge in [0.2, 0.25) is 0 Å². The van der Waals surface area contributed by atoms with Gasteiger partial charge in [-0.2, -0.15) is 0 Å². The maximum Gasteiger partial charge on any atom is 0.0459 e. The van der Waals surface area contributed by atoms with Gasteiger partial charge in [-0.05, 0) is 57.6 Å². The summed E-state index contributed by atoms with van der Waals surface area (Å²) < 4.78 is 0. The third kappa shape index (κ3) is 3.45. The SMILES string of the molecule is Cc1ccc2[nH]c(CN(C)[C@H](C)Cc3ccccn3)c(C)c2c1. The van der Waals surface area contributed by atoms with Gasteiger partial charge in [0.25, 0.3) is 0 Å². The van der Waals surface area contributed by atoms with E-state index in [1.165, 1.54) is 27.7 Å². The first kappa shape index (κ1) is 15.8. The van der Waals surface area contributed by atoms with E-state index < -0.39 is 0 Å². The highest BCUT2D eigenvalue weighted by molar-refractivity contribution is 5.85. The smallest absolute Gasteiger partial charge is 0.0459 e. The van der Waals surface area contributed by atoms with E-state index in [0.29, 0.717) is 6.04 Å². The molecule has 1 N–H and O–H groups in total. The lowest BCUT2D eigenvalue weighted by atomic mass is 10.1. The Hall–Kier alpha value is -2.13. The second-order valence-electron chi connectivity index (χ2n) is 6.57. The number of nitrogens with one attached hydrogen (secondary N) is 1. The lowest BCUT2D eigenvalue weighted by Crippen LogP contribution is -2.31. The topological polar surface area (TPSA) is 31.9 Å². The number of pyridine rings is 1. The quantitative estimate of drug-likeness (QED) is 0.764. The molecule has 0 aliphatic heterocycles. The van der Waals surface area contributed by atoms with Gasteiger partial charge in [0.15, 0.2) is 0 Å². The largest absolute Gasteiger partial charge is 0.357 e. The molecule has 3 heteroatoms. The number of H-pyrrole nitrogens is 1. The summed E-state index contributed by atoms with van der Waals surface area (Å²) in [5.74, 6) is 0. The minimum atomic E-state index is 0.442. The first-order chi connectivity index (χ1) is 11.0. The number of hydrogen-bond donors (Lipinski definition) is 1. The number of likely N-dealkylation sites (N-methyl/N-ethyl adjacent to an activating group) is 1. The molecule has 3 nitrogen and oxygen atoms in total. The van der Waals surface area contributed by atoms with E-state index in [0.717, 1.165) is 18.7 Å². The molecule has 0 saturated heterocycles. The molecular formula is C20H25N3. The molecule has 120 valence electrons. The number of aromatic amines is 1. The average molecular weight is 307 g/mol. The molecule has 3 aromatic rings. The van der Waals surface area contributed by atoms with Crippen molar-refractivity contribution >= 4 is 10.9 Å². The number of nitrogens with zero attached hydrogens (tertiary/aromatic N) is 2. The van der Waals surface area contributed by atoms with Crippen molar-refractivity contribution in [3.05, 3.63) is 65.1 Å². The van der Waals surface area contributed by atoms with E-state index in [2.05, 4.69) is 73.0 Å². The fraction of sp³-hybridized carbons (Fsp3) is 0.350. The summed E-state index contributed by atoms with van der Waals surface area (Å²) in [5.41, 5.74) is 6.36. The van der Waals surface area contributed by atoms with Crippen molar-refractivity contribution in [2.24, 2.45) is 0 Å². The van der Waals surface area contributed by atoms with Gasteiger partial charge in [0.1, 0.15) is 0 Å². The lowest BCUT2D eigenvalue weighted by molar-refractivity contribution is 0.244. The Morgan fingerprint density at radius 2 is 2.00 bits per heavy atom. The molecule has 0 fully saturated rings. The third-order valence-corrected chi connectivity index (χ3v) is 4.71. The molecule has 0 saturated carbocycles. The Kier molecular flexibility index (Phi) is 4.49. The highest BCUT2D eigenvalue weighted by atomic mass is 15.1. The van der Waals surface area contributed by atoms with Crippen LogP contribution in [0.4, 0.5) is 0 Å². The van der Waals surface area contributed by atoms with Crippen LogP contribution in [0, 0.1) is 13.8 Å². The van der Waals surface area contributed by atoms with Gasteiger partial charge in [0, 0.05) is 47.5 Å². The van der Waals surface area contributed by atoms with E-state index in [-0.39, 0.29) is 0 Å². The fourth-order valence-corrected chi connectivity index (χ4v) is 3.04. The summed E-state index contributed by atoms with van der Waals surface area (Å²) >= 11 is 0. The highest BCUT2D eigenvalue weighted by Crippen LogP contribution is 2.24. The van der Waals surface area contributed by atoms with Crippen LogP contribution in [0.2, 0.25) is 0 Å². The molecule has 0 bridgehead atoms. The lowest BCUT2D eigenvalue weighted by Gasteiger charge is -2.24. The van der Waals surface area contributed by atoms with Gasteiger partial charge in [-0.25, -0.2) is 0 Å². The molecule has 0 radical (unpaired) electrons. The number of benzene rings is 1. The molecular weight excluding hydrogens is 282 g/mol. The molecule has 3 rings (SSSR count). The van der Waals surface area contributed by atoms with Crippen molar-refractivity contribution < 1.29 is 0 Å². The molecule has 2 heterocycles. The normalized spacial score (nSPS) is 12.9. The molecule has 1 atom stereocenters. The van der Waals surface area contributed by atoms with Crippen LogP contribution in [-0.4, -0.2) is 28.0 Å². The van der Waals surface area contributed by atoms with Crippen molar-refractivity contribution in [1.82, 2.24) is 14.9 Å². The van der Waals surface area contributed by atoms with Crippen molar-refractivity contribution in [2.75, 3.05) is 7.05 Å². The zero-order valence-corrected chi connectivity index (χ0v) is 14.4. The summed E-state index contributed by atoms with van der Waals surface area (Å²) in [4.78, 5) is 10.4. The first-order valence-electron chi connectivity index (χ1n) is 8.22. The maximum atomic E-state index is 4.44. The average Bonchev–Trinajstić information content (AvgIpc) is 2.84. The number of aromatic nitrogens is 2. The minimum absolute atomic E-state index is 0.442. The molecule has 0 spiro atoms. The van der Waals surface area contributed by atoms with Gasteiger partial charge < -0.3 is 4.98 Å². The molecule has 2 aromatic heterocycles. The van der Waals surface area contributed by atoms with Crippen molar-refractivity contribution in [3.8, 4) is 0 Å². The number of rotatable bonds is 5. The zero-order valence-electron chi connectivity index (χ0n) is 14.4. The van der Waals surface area contributed by atoms with E-state index in [9.17, 15) is 0 Å². The van der Waals surface area contributed by atoms with Crippen molar-refractivity contribution in [2.45, 2.75) is 39.8 Å². The third-order valence-electron chi connectivity index (χ3n) is 4.71. The van der Waals surface area contributed by atoms with Gasteiger partial charge in [-0.3, -0.25) is 9.88 Å². The molecule has 23 heavy (non-hydrogen) atoms. The second-order valence-corrected chi connectivity index (χ2v) is 6.57. The minimum Gasteiger partial charge on any atom is -0.357 e. The zero-order chi connectivity index (χ0) is 16.4. The molecule has 1 aromatic carbocycles. The van der Waals surface area contributed by atoms with Crippen molar-refractivity contribution in [1.29, 1.82) is 0 Å². The number of fused-ring (bicyclic) bond motifs is 1. The predicted molar refractivity (Wildman–Crippen MR) is 96.6 cm³/mol. The Bertz CT molecular complexity index is 789. The molecule has 0 amide bonds. The predicted octanol–water partition coefficient (Wildman–Crippen LogP) is 4.24. The monoisotopic (exact) mass is 307 g/mol. The Balaban J connectivity index is 1.74. The van der Waals surface area contributed by atoms with Gasteiger partial charge >= 0.3 is 0 Å². The number of aryl methyl sites for hydroxylation is 2. The number of hydrogen-bond acceptors (Lipinski definition) is 2. The second kappa shape index (κ2) is 6.55. The summed E-state index contributed by atoms with van der Waals surface area (Å²) in [6.07, 6.45) is 2.84. The van der Waals surface area contributed by atoms with Crippen LogP contribution < -0.4 is 0 Å². The van der Waals surface area contributed by atoms with Crippen LogP contribution in [0.15, 0.2) is 42.6 Å².